The molecule has 5 nitrogen and oxygen atoms in total. The Kier molecular flexibility index (Phi) is 4.04. The molecule has 1 aliphatic rings. The molecule has 0 spiro atoms. The Labute approximate surface area is 130 Å². The molecule has 0 N–H and O–H groups in total. The normalized spacial score (nSPS) is 20.1. The van der Waals surface area contributed by atoms with Gasteiger partial charge < -0.3 is 9.64 Å². The van der Waals surface area contributed by atoms with Crippen LogP contribution in [0.2, 0.25) is 0 Å². The summed E-state index contributed by atoms with van der Waals surface area (Å²) in [6.07, 6.45) is 4.94. The number of ether oxygens (including phenoxy) is 1. The highest BCUT2D eigenvalue weighted by molar-refractivity contribution is 5.92. The molecule has 1 aromatic carbocycles. The van der Waals surface area contributed by atoms with Crippen LogP contribution in [0.4, 0.5) is 0 Å². The van der Waals surface area contributed by atoms with E-state index in [0.29, 0.717) is 11.6 Å². The van der Waals surface area contributed by atoms with Crippen molar-refractivity contribution in [3.8, 4) is 5.75 Å². The summed E-state index contributed by atoms with van der Waals surface area (Å²) in [7, 11) is 3.52. The fraction of sp³-hybridized carbons (Fsp3) is 0.353. The fourth-order valence-corrected chi connectivity index (χ4v) is 2.84. The summed E-state index contributed by atoms with van der Waals surface area (Å²) >= 11 is 0. The first kappa shape index (κ1) is 14.5. The monoisotopic (exact) mass is 297 g/mol. The summed E-state index contributed by atoms with van der Waals surface area (Å²) in [5.74, 6) is 1.32. The van der Waals surface area contributed by atoms with Gasteiger partial charge in [-0.2, -0.15) is 0 Å². The largest absolute Gasteiger partial charge is 0.497 e. The van der Waals surface area contributed by atoms with Gasteiger partial charge in [0.05, 0.1) is 7.11 Å². The highest BCUT2D eigenvalue weighted by atomic mass is 16.5. The molecule has 114 valence electrons. The number of rotatable bonds is 4. The maximum Gasteiger partial charge on any atom is 0.272 e. The Morgan fingerprint density at radius 1 is 1.32 bits per heavy atom. The van der Waals surface area contributed by atoms with Crippen LogP contribution >= 0.6 is 0 Å². The Bertz CT molecular complexity index is 654. The average molecular weight is 297 g/mol. The summed E-state index contributed by atoms with van der Waals surface area (Å²) in [4.78, 5) is 22.0. The first-order valence-electron chi connectivity index (χ1n) is 7.36. The molecule has 0 atom stereocenters. The molecule has 1 saturated carbocycles. The van der Waals surface area contributed by atoms with Gasteiger partial charge in [-0.3, -0.25) is 4.79 Å². The highest BCUT2D eigenvalue weighted by Gasteiger charge is 2.35. The van der Waals surface area contributed by atoms with Gasteiger partial charge in [-0.05, 0) is 42.5 Å². The lowest BCUT2D eigenvalue weighted by atomic mass is 9.75. The van der Waals surface area contributed by atoms with Crippen LogP contribution in [0.25, 0.3) is 0 Å². The molecule has 1 aliphatic carbocycles. The van der Waals surface area contributed by atoms with E-state index in [1.165, 1.54) is 11.9 Å². The lowest BCUT2D eigenvalue weighted by Crippen LogP contribution is -2.44. The summed E-state index contributed by atoms with van der Waals surface area (Å²) in [6, 6.07) is 10.1. The number of carbonyl (C=O) groups is 1. The highest BCUT2D eigenvalue weighted by Crippen LogP contribution is 2.40. The number of amides is 1. The van der Waals surface area contributed by atoms with Crippen molar-refractivity contribution in [2.24, 2.45) is 0 Å². The second-order valence-electron chi connectivity index (χ2n) is 5.61. The smallest absolute Gasteiger partial charge is 0.272 e. The zero-order chi connectivity index (χ0) is 15.5. The van der Waals surface area contributed by atoms with Gasteiger partial charge in [-0.15, -0.1) is 0 Å². The number of benzene rings is 1. The maximum atomic E-state index is 12.3. The predicted molar refractivity (Wildman–Crippen MR) is 82.9 cm³/mol. The molecule has 2 aromatic rings. The number of carbonyl (C=O) groups excluding carboxylic acids is 1. The molecule has 0 unspecified atom stereocenters. The SMILES string of the molecule is COc1cccc(C2CC(N(C)C(=O)c3ccncn3)C2)c1. The van der Waals surface area contributed by atoms with Gasteiger partial charge in [-0.1, -0.05) is 12.1 Å². The fourth-order valence-electron chi connectivity index (χ4n) is 2.84. The van der Waals surface area contributed by atoms with Crippen molar-refractivity contribution < 1.29 is 9.53 Å². The Morgan fingerprint density at radius 2 is 2.14 bits per heavy atom. The molecule has 0 saturated heterocycles. The molecule has 3 rings (SSSR count). The topological polar surface area (TPSA) is 55.3 Å². The van der Waals surface area contributed by atoms with Crippen LogP contribution in [-0.2, 0) is 0 Å². The van der Waals surface area contributed by atoms with E-state index in [9.17, 15) is 4.79 Å². The average Bonchev–Trinajstić information content (AvgIpc) is 2.53. The van der Waals surface area contributed by atoms with E-state index in [4.69, 9.17) is 4.74 Å². The third-order valence-electron chi connectivity index (χ3n) is 4.35. The van der Waals surface area contributed by atoms with E-state index in [-0.39, 0.29) is 11.9 Å². The second-order valence-corrected chi connectivity index (χ2v) is 5.61. The van der Waals surface area contributed by atoms with Crippen molar-refractivity contribution >= 4 is 5.91 Å². The summed E-state index contributed by atoms with van der Waals surface area (Å²) in [5.41, 5.74) is 1.72. The van der Waals surface area contributed by atoms with E-state index in [0.717, 1.165) is 18.6 Å². The van der Waals surface area contributed by atoms with Gasteiger partial charge in [0.25, 0.3) is 5.91 Å². The van der Waals surface area contributed by atoms with Crippen molar-refractivity contribution in [3.05, 3.63) is 54.1 Å². The van der Waals surface area contributed by atoms with Gasteiger partial charge in [0, 0.05) is 19.3 Å². The molecule has 1 amide bonds. The van der Waals surface area contributed by atoms with Crippen LogP contribution in [0.1, 0.15) is 34.8 Å². The van der Waals surface area contributed by atoms with Gasteiger partial charge in [0.1, 0.15) is 17.8 Å². The molecule has 0 radical (unpaired) electrons. The number of hydrogen-bond acceptors (Lipinski definition) is 4. The number of methoxy groups -OCH3 is 1. The molecular weight excluding hydrogens is 278 g/mol. The standard InChI is InChI=1S/C17H19N3O2/c1-20(17(21)16-6-7-18-11-19-16)14-8-13(9-14)12-4-3-5-15(10-12)22-2/h3-7,10-11,13-14H,8-9H2,1-2H3. The first-order valence-corrected chi connectivity index (χ1v) is 7.36. The van der Waals surface area contributed by atoms with E-state index < -0.39 is 0 Å². The molecule has 1 fully saturated rings. The van der Waals surface area contributed by atoms with Crippen molar-refractivity contribution in [1.29, 1.82) is 0 Å². The molecule has 1 aromatic heterocycles. The Morgan fingerprint density at radius 3 is 2.82 bits per heavy atom. The van der Waals surface area contributed by atoms with Crippen LogP contribution in [0.3, 0.4) is 0 Å². The Hall–Kier alpha value is -2.43. The van der Waals surface area contributed by atoms with Gasteiger partial charge in [0.2, 0.25) is 0 Å². The minimum atomic E-state index is -0.0449. The second kappa shape index (κ2) is 6.13. The van der Waals surface area contributed by atoms with Crippen LogP contribution in [-0.4, -0.2) is 41.0 Å². The van der Waals surface area contributed by atoms with Gasteiger partial charge >= 0.3 is 0 Å². The third kappa shape index (κ3) is 2.79. The first-order chi connectivity index (χ1) is 10.7. The van der Waals surface area contributed by atoms with Crippen LogP contribution in [0.5, 0.6) is 5.75 Å². The van der Waals surface area contributed by atoms with Crippen LogP contribution < -0.4 is 4.74 Å². The van der Waals surface area contributed by atoms with Gasteiger partial charge in [0.15, 0.2) is 0 Å². The molecule has 22 heavy (non-hydrogen) atoms. The van der Waals surface area contributed by atoms with Crippen molar-refractivity contribution in [1.82, 2.24) is 14.9 Å². The molecular formula is C17H19N3O2. The third-order valence-corrected chi connectivity index (χ3v) is 4.35. The number of hydrogen-bond donors (Lipinski definition) is 0. The quantitative estimate of drug-likeness (QED) is 0.870. The van der Waals surface area contributed by atoms with E-state index in [1.54, 1.807) is 24.3 Å². The number of aromatic nitrogens is 2. The molecule has 0 bridgehead atoms. The van der Waals surface area contributed by atoms with E-state index >= 15 is 0 Å². The van der Waals surface area contributed by atoms with Crippen molar-refractivity contribution in [3.63, 3.8) is 0 Å². The Balaban J connectivity index is 1.62. The lowest BCUT2D eigenvalue weighted by Gasteiger charge is -2.41. The van der Waals surface area contributed by atoms with Crippen molar-refractivity contribution in [2.45, 2.75) is 24.8 Å². The van der Waals surface area contributed by atoms with Crippen molar-refractivity contribution in [2.75, 3.05) is 14.2 Å². The predicted octanol–water partition coefficient (Wildman–Crippen LogP) is 2.50. The van der Waals surface area contributed by atoms with Crippen LogP contribution in [0, 0.1) is 0 Å². The zero-order valence-corrected chi connectivity index (χ0v) is 12.8. The lowest BCUT2D eigenvalue weighted by molar-refractivity contribution is 0.0614. The summed E-state index contributed by atoms with van der Waals surface area (Å²) in [6.45, 7) is 0. The summed E-state index contributed by atoms with van der Waals surface area (Å²) < 4.78 is 5.27. The van der Waals surface area contributed by atoms with Gasteiger partial charge in [-0.25, -0.2) is 9.97 Å². The minimum absolute atomic E-state index is 0.0449. The molecule has 0 aliphatic heterocycles. The molecule has 5 heteroatoms. The summed E-state index contributed by atoms with van der Waals surface area (Å²) in [5, 5.41) is 0. The minimum Gasteiger partial charge on any atom is -0.497 e. The van der Waals surface area contributed by atoms with E-state index in [2.05, 4.69) is 22.1 Å². The van der Waals surface area contributed by atoms with E-state index in [1.807, 2.05) is 19.2 Å². The maximum absolute atomic E-state index is 12.3. The zero-order valence-electron chi connectivity index (χ0n) is 12.8. The molecule has 1 heterocycles. The van der Waals surface area contributed by atoms with Crippen LogP contribution in [0.15, 0.2) is 42.9 Å². The number of nitrogens with zero attached hydrogens (tertiary/aromatic N) is 3.